The van der Waals surface area contributed by atoms with Gasteiger partial charge in [-0.2, -0.15) is 18.4 Å². The van der Waals surface area contributed by atoms with Gasteiger partial charge in [-0.3, -0.25) is 0 Å². The molecule has 2 N–H and O–H groups in total. The van der Waals surface area contributed by atoms with Crippen LogP contribution in [0.5, 0.6) is 0 Å². The molecule has 0 saturated heterocycles. The maximum atomic E-state index is 14.2. The van der Waals surface area contributed by atoms with E-state index in [2.05, 4.69) is 32.0 Å². The smallest absolute Gasteiger partial charge is 0.383 e. The molecule has 5 rings (SSSR count). The number of fused-ring (bicyclic) bond motifs is 3. The second-order valence-electron chi connectivity index (χ2n) is 7.24. The Morgan fingerprint density at radius 2 is 1.67 bits per heavy atom. The Morgan fingerprint density at radius 3 is 2.30 bits per heavy atom. The molecule has 0 amide bonds. The van der Waals surface area contributed by atoms with Gasteiger partial charge in [0.25, 0.3) is 0 Å². The summed E-state index contributed by atoms with van der Waals surface area (Å²) < 4.78 is 43.8. The van der Waals surface area contributed by atoms with Crippen LogP contribution >= 0.6 is 27.3 Å². The molecule has 0 aliphatic carbocycles. The van der Waals surface area contributed by atoms with E-state index in [1.54, 1.807) is 54.6 Å². The predicted molar refractivity (Wildman–Crippen MR) is 128 cm³/mol. The highest BCUT2D eigenvalue weighted by molar-refractivity contribution is 9.10. The molecule has 0 atom stereocenters. The number of nitriles is 1. The summed E-state index contributed by atoms with van der Waals surface area (Å²) in [6, 6.07) is 18.9. The maximum absolute atomic E-state index is 14.2. The summed E-state index contributed by atoms with van der Waals surface area (Å²) in [7, 11) is 0. The molecule has 0 spiro atoms. The molecule has 162 valence electrons. The van der Waals surface area contributed by atoms with Crippen LogP contribution in [0.15, 0.2) is 65.1 Å². The van der Waals surface area contributed by atoms with E-state index in [-0.39, 0.29) is 32.8 Å². The number of thiophene rings is 1. The van der Waals surface area contributed by atoms with Crippen molar-refractivity contribution >= 4 is 53.5 Å². The molecule has 3 aromatic heterocycles. The van der Waals surface area contributed by atoms with Crippen molar-refractivity contribution in [2.75, 3.05) is 5.73 Å². The molecule has 0 aliphatic heterocycles. The Labute approximate surface area is 198 Å². The van der Waals surface area contributed by atoms with Crippen molar-refractivity contribution in [3.05, 3.63) is 76.3 Å². The Bertz CT molecular complexity index is 1570. The molecule has 0 fully saturated rings. The third-order valence-corrected chi connectivity index (χ3v) is 6.84. The number of alkyl halides is 3. The van der Waals surface area contributed by atoms with E-state index in [0.29, 0.717) is 21.4 Å². The van der Waals surface area contributed by atoms with Gasteiger partial charge in [-0.1, -0.05) is 58.4 Å². The average molecular weight is 525 g/mol. The van der Waals surface area contributed by atoms with E-state index in [9.17, 15) is 18.4 Å². The summed E-state index contributed by atoms with van der Waals surface area (Å²) in [5.41, 5.74) is 7.30. The highest BCUT2D eigenvalue weighted by Gasteiger charge is 2.36. The Hall–Kier alpha value is -3.48. The minimum atomic E-state index is -4.64. The number of nitrogen functional groups attached to an aromatic ring is 1. The lowest BCUT2D eigenvalue weighted by Crippen LogP contribution is -2.07. The van der Waals surface area contributed by atoms with Crippen molar-refractivity contribution in [3.63, 3.8) is 0 Å². The fourth-order valence-corrected chi connectivity index (χ4v) is 5.24. The number of halogens is 4. The molecular weight excluding hydrogens is 513 g/mol. The molecule has 0 saturated carbocycles. The van der Waals surface area contributed by atoms with Gasteiger partial charge in [0.05, 0.1) is 26.9 Å². The summed E-state index contributed by atoms with van der Waals surface area (Å²) in [5.74, 6) is -0.122. The van der Waals surface area contributed by atoms with Gasteiger partial charge in [0.2, 0.25) is 0 Å². The highest BCUT2D eigenvalue weighted by atomic mass is 79.9. The molecule has 9 heteroatoms. The van der Waals surface area contributed by atoms with Crippen LogP contribution in [0.1, 0.15) is 11.1 Å². The van der Waals surface area contributed by atoms with Crippen LogP contribution in [-0.2, 0) is 6.18 Å². The number of hydrogen-bond acceptors (Lipinski definition) is 5. The normalized spacial score (nSPS) is 11.7. The SMILES string of the molecule is N#Cc1c(N)nc2c(sc3nc(-c4ccccc4)cc(C(F)(F)F)c32)c1-c1ccc(Br)cc1. The van der Waals surface area contributed by atoms with Gasteiger partial charge in [0.1, 0.15) is 22.3 Å². The first-order chi connectivity index (χ1) is 15.8. The van der Waals surface area contributed by atoms with E-state index in [1.807, 2.05) is 0 Å². The van der Waals surface area contributed by atoms with Gasteiger partial charge in [-0.25, -0.2) is 9.97 Å². The van der Waals surface area contributed by atoms with Gasteiger partial charge < -0.3 is 5.73 Å². The number of nitrogens with two attached hydrogens (primary N) is 1. The highest BCUT2D eigenvalue weighted by Crippen LogP contribution is 2.46. The first-order valence-corrected chi connectivity index (χ1v) is 11.2. The van der Waals surface area contributed by atoms with Gasteiger partial charge in [0.15, 0.2) is 0 Å². The topological polar surface area (TPSA) is 75.6 Å². The molecular formula is C24H12BrF3N4S. The summed E-state index contributed by atoms with van der Waals surface area (Å²) in [4.78, 5) is 8.95. The van der Waals surface area contributed by atoms with Crippen molar-refractivity contribution < 1.29 is 13.2 Å². The van der Waals surface area contributed by atoms with Crippen molar-refractivity contribution in [2.24, 2.45) is 0 Å². The van der Waals surface area contributed by atoms with Gasteiger partial charge >= 0.3 is 6.18 Å². The zero-order valence-corrected chi connectivity index (χ0v) is 19.0. The predicted octanol–water partition coefficient (Wildman–Crippen LogP) is 7.41. The second-order valence-corrected chi connectivity index (χ2v) is 9.16. The van der Waals surface area contributed by atoms with Gasteiger partial charge in [-0.15, -0.1) is 11.3 Å². The van der Waals surface area contributed by atoms with Gasteiger partial charge in [-0.05, 0) is 23.8 Å². The minimum Gasteiger partial charge on any atom is -0.383 e. The minimum absolute atomic E-state index is 0.0869. The molecule has 0 aliphatic rings. The van der Waals surface area contributed by atoms with Crippen LogP contribution in [0.25, 0.3) is 42.8 Å². The van der Waals surface area contributed by atoms with Crippen molar-refractivity contribution in [1.82, 2.24) is 9.97 Å². The maximum Gasteiger partial charge on any atom is 0.417 e. The van der Waals surface area contributed by atoms with Crippen molar-refractivity contribution in [2.45, 2.75) is 6.18 Å². The molecule has 3 heterocycles. The van der Waals surface area contributed by atoms with Crippen LogP contribution in [0, 0.1) is 11.3 Å². The third kappa shape index (κ3) is 3.61. The number of benzene rings is 2. The van der Waals surface area contributed by atoms with E-state index in [4.69, 9.17) is 5.73 Å². The number of rotatable bonds is 2. The van der Waals surface area contributed by atoms with Crippen LogP contribution in [0.2, 0.25) is 0 Å². The van der Waals surface area contributed by atoms with E-state index in [0.717, 1.165) is 21.9 Å². The third-order valence-electron chi connectivity index (χ3n) is 5.22. The van der Waals surface area contributed by atoms with Crippen molar-refractivity contribution in [1.29, 1.82) is 5.26 Å². The van der Waals surface area contributed by atoms with Crippen LogP contribution in [0.3, 0.4) is 0 Å². The van der Waals surface area contributed by atoms with E-state index < -0.39 is 11.7 Å². The fourth-order valence-electron chi connectivity index (χ4n) is 3.76. The quantitative estimate of drug-likeness (QED) is 0.260. The number of pyridine rings is 2. The van der Waals surface area contributed by atoms with Gasteiger partial charge in [0, 0.05) is 15.6 Å². The first-order valence-electron chi connectivity index (χ1n) is 9.63. The Morgan fingerprint density at radius 1 is 0.970 bits per heavy atom. The fraction of sp³-hybridized carbons (Fsp3) is 0.0417. The molecule has 33 heavy (non-hydrogen) atoms. The van der Waals surface area contributed by atoms with Crippen molar-refractivity contribution in [3.8, 4) is 28.5 Å². The van der Waals surface area contributed by atoms with Crippen LogP contribution in [0.4, 0.5) is 19.0 Å². The lowest BCUT2D eigenvalue weighted by atomic mass is 9.99. The number of nitrogens with zero attached hydrogens (tertiary/aromatic N) is 3. The zero-order valence-electron chi connectivity index (χ0n) is 16.6. The first kappa shape index (κ1) is 21.4. The lowest BCUT2D eigenvalue weighted by molar-refractivity contribution is -0.136. The van der Waals surface area contributed by atoms with E-state index >= 15 is 0 Å². The van der Waals surface area contributed by atoms with Crippen LogP contribution in [-0.4, -0.2) is 9.97 Å². The molecule has 0 unspecified atom stereocenters. The Kier molecular flexibility index (Phi) is 5.07. The van der Waals surface area contributed by atoms with E-state index in [1.165, 1.54) is 0 Å². The monoisotopic (exact) mass is 524 g/mol. The molecule has 0 bridgehead atoms. The standard InChI is InChI=1S/C24H12BrF3N4S/c25-14-8-6-13(7-9-14)18-15(11-29)22(30)32-20-19-16(24(26,27)28)10-17(12-4-2-1-3-5-12)31-23(19)33-21(18)20/h1-10H,(H2,30,32). The molecule has 0 radical (unpaired) electrons. The Balaban J connectivity index is 1.94. The number of hydrogen-bond donors (Lipinski definition) is 1. The largest absolute Gasteiger partial charge is 0.417 e. The zero-order chi connectivity index (χ0) is 23.3. The summed E-state index contributed by atoms with van der Waals surface area (Å²) in [5, 5.41) is 9.64. The molecule has 5 aromatic rings. The molecule has 4 nitrogen and oxygen atoms in total. The van der Waals surface area contributed by atoms with Crippen LogP contribution < -0.4 is 5.73 Å². The molecule has 2 aromatic carbocycles. The number of aromatic nitrogens is 2. The summed E-state index contributed by atoms with van der Waals surface area (Å²) >= 11 is 4.45. The second kappa shape index (κ2) is 7.83. The number of anilines is 1. The average Bonchev–Trinajstić information content (AvgIpc) is 3.16. The lowest BCUT2D eigenvalue weighted by Gasteiger charge is -2.12. The summed E-state index contributed by atoms with van der Waals surface area (Å²) in [6.07, 6.45) is -4.64. The summed E-state index contributed by atoms with van der Waals surface area (Å²) in [6.45, 7) is 0.